The van der Waals surface area contributed by atoms with Crippen LogP contribution in [-0.2, 0) is 9.53 Å². The molecule has 112 valence electrons. The van der Waals surface area contributed by atoms with Gasteiger partial charge in [-0.05, 0) is 26.2 Å². The van der Waals surface area contributed by atoms with Gasteiger partial charge in [0.05, 0.1) is 12.0 Å². The highest BCUT2D eigenvalue weighted by molar-refractivity contribution is 5.74. The van der Waals surface area contributed by atoms with Gasteiger partial charge in [-0.25, -0.2) is 4.79 Å². The maximum Gasteiger partial charge on any atom is 0.407 e. The van der Waals surface area contributed by atoms with Crippen LogP contribution < -0.4 is 11.1 Å². The average Bonchev–Trinajstić information content (AvgIpc) is 2.12. The van der Waals surface area contributed by atoms with Gasteiger partial charge in [0.2, 0.25) is 0 Å². The Morgan fingerprint density at radius 2 is 1.68 bits per heavy atom. The Morgan fingerprint density at radius 1 is 1.21 bits per heavy atom. The molecule has 1 amide bonds. The number of rotatable bonds is 4. The van der Waals surface area contributed by atoms with E-state index < -0.39 is 35.0 Å². The van der Waals surface area contributed by atoms with Gasteiger partial charge >= 0.3 is 12.1 Å². The van der Waals surface area contributed by atoms with Crippen LogP contribution in [0, 0.1) is 11.3 Å². The smallest absolute Gasteiger partial charge is 0.407 e. The van der Waals surface area contributed by atoms with Crippen LogP contribution in [0.15, 0.2) is 0 Å². The van der Waals surface area contributed by atoms with E-state index >= 15 is 0 Å². The summed E-state index contributed by atoms with van der Waals surface area (Å²) in [4.78, 5) is 23.0. The summed E-state index contributed by atoms with van der Waals surface area (Å²) in [6.45, 7) is 10.7. The summed E-state index contributed by atoms with van der Waals surface area (Å²) in [5.74, 6) is -1.88. The SMILES string of the molecule is CC(C)(C)OC(=O)NC(C(CN)C(=O)O)C(C)(C)C. The van der Waals surface area contributed by atoms with Crippen molar-refractivity contribution >= 4 is 12.1 Å². The number of hydrogen-bond acceptors (Lipinski definition) is 4. The van der Waals surface area contributed by atoms with E-state index in [1.165, 1.54) is 0 Å². The third-order valence-electron chi connectivity index (χ3n) is 2.58. The van der Waals surface area contributed by atoms with E-state index in [1.807, 2.05) is 20.8 Å². The van der Waals surface area contributed by atoms with Crippen LogP contribution in [-0.4, -0.2) is 35.4 Å². The highest BCUT2D eigenvalue weighted by atomic mass is 16.6. The minimum Gasteiger partial charge on any atom is -0.481 e. The number of alkyl carbamates (subject to hydrolysis) is 1. The molecule has 0 radical (unpaired) electrons. The molecule has 0 heterocycles. The van der Waals surface area contributed by atoms with Crippen molar-refractivity contribution in [1.82, 2.24) is 5.32 Å². The Balaban J connectivity index is 4.99. The fourth-order valence-corrected chi connectivity index (χ4v) is 1.73. The standard InChI is InChI=1S/C13H26N2O4/c1-12(2,3)9(8(7-14)10(16)17)15-11(18)19-13(4,5)6/h8-9H,7,14H2,1-6H3,(H,15,18)(H,16,17). The maximum atomic E-state index is 11.8. The molecule has 0 aliphatic carbocycles. The summed E-state index contributed by atoms with van der Waals surface area (Å²) in [6.07, 6.45) is -0.632. The van der Waals surface area contributed by atoms with E-state index in [2.05, 4.69) is 5.32 Å². The number of amides is 1. The Labute approximate surface area is 114 Å². The summed E-state index contributed by atoms with van der Waals surface area (Å²) in [6, 6.07) is -0.607. The molecule has 4 N–H and O–H groups in total. The lowest BCUT2D eigenvalue weighted by molar-refractivity contribution is -0.143. The van der Waals surface area contributed by atoms with Crippen molar-refractivity contribution in [2.45, 2.75) is 53.2 Å². The molecule has 0 spiro atoms. The number of carbonyl (C=O) groups excluding carboxylic acids is 1. The van der Waals surface area contributed by atoms with Gasteiger partial charge in [-0.15, -0.1) is 0 Å². The molecule has 6 heteroatoms. The lowest BCUT2D eigenvalue weighted by Crippen LogP contribution is -2.54. The fourth-order valence-electron chi connectivity index (χ4n) is 1.73. The van der Waals surface area contributed by atoms with Crippen LogP contribution >= 0.6 is 0 Å². The van der Waals surface area contributed by atoms with Crippen molar-refractivity contribution in [2.24, 2.45) is 17.1 Å². The summed E-state index contributed by atoms with van der Waals surface area (Å²) >= 11 is 0. The van der Waals surface area contributed by atoms with Crippen molar-refractivity contribution in [3.63, 3.8) is 0 Å². The van der Waals surface area contributed by atoms with E-state index in [9.17, 15) is 14.7 Å². The molecular weight excluding hydrogens is 248 g/mol. The van der Waals surface area contributed by atoms with E-state index in [1.54, 1.807) is 20.8 Å². The molecular formula is C13H26N2O4. The topological polar surface area (TPSA) is 102 Å². The molecule has 0 aromatic carbocycles. The number of carbonyl (C=O) groups is 2. The second-order valence-electron chi connectivity index (χ2n) is 6.67. The largest absolute Gasteiger partial charge is 0.481 e. The van der Waals surface area contributed by atoms with Crippen molar-refractivity contribution in [3.8, 4) is 0 Å². The first-order valence-corrected chi connectivity index (χ1v) is 6.31. The molecule has 0 aliphatic heterocycles. The summed E-state index contributed by atoms with van der Waals surface area (Å²) in [5, 5.41) is 11.8. The molecule has 0 aromatic rings. The zero-order valence-electron chi connectivity index (χ0n) is 12.6. The van der Waals surface area contributed by atoms with Gasteiger partial charge in [-0.2, -0.15) is 0 Å². The first kappa shape index (κ1) is 17.7. The maximum absolute atomic E-state index is 11.8. The number of nitrogens with two attached hydrogens (primary N) is 1. The molecule has 2 atom stereocenters. The van der Waals surface area contributed by atoms with Gasteiger partial charge in [0.1, 0.15) is 5.60 Å². The van der Waals surface area contributed by atoms with Crippen LogP contribution in [0.4, 0.5) is 4.79 Å². The predicted octanol–water partition coefficient (Wildman–Crippen LogP) is 1.59. The minimum atomic E-state index is -1.03. The van der Waals surface area contributed by atoms with Gasteiger partial charge < -0.3 is 20.9 Å². The molecule has 0 saturated carbocycles. The number of carboxylic acids is 1. The molecule has 0 saturated heterocycles. The lowest BCUT2D eigenvalue weighted by Gasteiger charge is -2.35. The number of carboxylic acid groups (broad SMARTS) is 1. The monoisotopic (exact) mass is 274 g/mol. The van der Waals surface area contributed by atoms with Crippen molar-refractivity contribution < 1.29 is 19.4 Å². The van der Waals surface area contributed by atoms with Crippen LogP contribution in [0.3, 0.4) is 0 Å². The van der Waals surface area contributed by atoms with Crippen LogP contribution in [0.2, 0.25) is 0 Å². The molecule has 0 bridgehead atoms. The quantitative estimate of drug-likeness (QED) is 0.722. The van der Waals surface area contributed by atoms with Gasteiger partial charge in [0.15, 0.2) is 0 Å². The second kappa shape index (κ2) is 6.23. The second-order valence-corrected chi connectivity index (χ2v) is 6.67. The van der Waals surface area contributed by atoms with Crippen molar-refractivity contribution in [3.05, 3.63) is 0 Å². The van der Waals surface area contributed by atoms with Crippen molar-refractivity contribution in [1.29, 1.82) is 0 Å². The first-order valence-electron chi connectivity index (χ1n) is 6.31. The fraction of sp³-hybridized carbons (Fsp3) is 0.846. The summed E-state index contributed by atoms with van der Waals surface area (Å²) in [5.41, 5.74) is 4.43. The van der Waals surface area contributed by atoms with E-state index in [-0.39, 0.29) is 6.54 Å². The predicted molar refractivity (Wildman–Crippen MR) is 72.8 cm³/mol. The van der Waals surface area contributed by atoms with E-state index in [4.69, 9.17) is 10.5 Å². The third-order valence-corrected chi connectivity index (χ3v) is 2.58. The molecule has 2 unspecified atom stereocenters. The molecule has 19 heavy (non-hydrogen) atoms. The molecule has 6 nitrogen and oxygen atoms in total. The Bertz CT molecular complexity index is 329. The molecule has 0 aliphatic rings. The number of ether oxygens (including phenoxy) is 1. The number of aliphatic carboxylic acids is 1. The third kappa shape index (κ3) is 6.42. The Hall–Kier alpha value is -1.30. The van der Waals surface area contributed by atoms with Gasteiger partial charge in [-0.1, -0.05) is 20.8 Å². The van der Waals surface area contributed by atoms with E-state index in [0.29, 0.717) is 0 Å². The molecule has 0 fully saturated rings. The van der Waals surface area contributed by atoms with Gasteiger partial charge in [0.25, 0.3) is 0 Å². The zero-order valence-corrected chi connectivity index (χ0v) is 12.6. The van der Waals surface area contributed by atoms with Crippen LogP contribution in [0.5, 0.6) is 0 Å². The zero-order chi connectivity index (χ0) is 15.4. The lowest BCUT2D eigenvalue weighted by atomic mass is 9.79. The molecule has 0 aromatic heterocycles. The molecule has 0 rings (SSSR count). The number of nitrogens with one attached hydrogen (secondary N) is 1. The first-order chi connectivity index (χ1) is 8.38. The Kier molecular flexibility index (Phi) is 5.81. The highest BCUT2D eigenvalue weighted by Gasteiger charge is 2.37. The van der Waals surface area contributed by atoms with Crippen LogP contribution in [0.25, 0.3) is 0 Å². The minimum absolute atomic E-state index is 0.0485. The van der Waals surface area contributed by atoms with Gasteiger partial charge in [-0.3, -0.25) is 4.79 Å². The van der Waals surface area contributed by atoms with E-state index in [0.717, 1.165) is 0 Å². The highest BCUT2D eigenvalue weighted by Crippen LogP contribution is 2.25. The number of hydrogen-bond donors (Lipinski definition) is 3. The van der Waals surface area contributed by atoms with Gasteiger partial charge in [0, 0.05) is 6.54 Å². The summed E-state index contributed by atoms with van der Waals surface area (Å²) < 4.78 is 5.15. The summed E-state index contributed by atoms with van der Waals surface area (Å²) in [7, 11) is 0. The van der Waals surface area contributed by atoms with Crippen LogP contribution in [0.1, 0.15) is 41.5 Å². The van der Waals surface area contributed by atoms with Crippen molar-refractivity contribution in [2.75, 3.05) is 6.54 Å². The normalized spacial score (nSPS) is 15.5. The Morgan fingerprint density at radius 3 is 1.95 bits per heavy atom. The average molecular weight is 274 g/mol.